The maximum atomic E-state index is 11.7. The topological polar surface area (TPSA) is 72.8 Å². The van der Waals surface area contributed by atoms with Crippen LogP contribution in [0.15, 0.2) is 47.7 Å². The molecule has 0 radical (unpaired) electrons. The van der Waals surface area contributed by atoms with E-state index >= 15 is 0 Å². The molecule has 0 fully saturated rings. The Morgan fingerprint density at radius 1 is 1.19 bits per heavy atom. The molecule has 1 amide bonds. The van der Waals surface area contributed by atoms with Crippen LogP contribution in [0.1, 0.15) is 16.1 Å². The average molecular weight is 283 g/mol. The van der Waals surface area contributed by atoms with Crippen molar-refractivity contribution in [3.05, 3.63) is 53.9 Å². The second kappa shape index (κ2) is 6.04. The Hall–Kier alpha value is -2.89. The summed E-state index contributed by atoms with van der Waals surface area (Å²) in [6.45, 7) is 1.09. The van der Waals surface area contributed by atoms with Crippen LogP contribution in [0, 0.1) is 0 Å². The molecule has 1 aliphatic rings. The molecule has 0 saturated heterocycles. The number of hydrogen-bond acceptors (Lipinski definition) is 5. The van der Waals surface area contributed by atoms with Crippen molar-refractivity contribution < 1.29 is 14.3 Å². The molecule has 0 saturated carbocycles. The van der Waals surface area contributed by atoms with E-state index in [0.717, 1.165) is 11.3 Å². The van der Waals surface area contributed by atoms with Gasteiger partial charge in [0.25, 0.3) is 5.91 Å². The second-order valence-electron chi connectivity index (χ2n) is 4.32. The van der Waals surface area contributed by atoms with Crippen molar-refractivity contribution in [3.8, 4) is 11.5 Å². The first-order valence-corrected chi connectivity index (χ1v) is 6.47. The molecule has 0 bridgehead atoms. The lowest BCUT2D eigenvalue weighted by Crippen LogP contribution is -2.18. The summed E-state index contributed by atoms with van der Waals surface area (Å²) in [6, 6.07) is 10.6. The molecule has 1 aromatic carbocycles. The number of rotatable bonds is 3. The Morgan fingerprint density at radius 3 is 2.86 bits per heavy atom. The van der Waals surface area contributed by atoms with Crippen LogP contribution >= 0.6 is 0 Å². The number of fused-ring (bicyclic) bond motifs is 1. The molecule has 106 valence electrons. The summed E-state index contributed by atoms with van der Waals surface area (Å²) in [7, 11) is 0. The lowest BCUT2D eigenvalue weighted by molar-refractivity contribution is 0.0950. The third-order valence-corrected chi connectivity index (χ3v) is 2.84. The van der Waals surface area contributed by atoms with Crippen LogP contribution in [0.5, 0.6) is 11.5 Å². The predicted molar refractivity (Wildman–Crippen MR) is 76.7 cm³/mol. The van der Waals surface area contributed by atoms with E-state index in [1.165, 1.54) is 0 Å². The first kappa shape index (κ1) is 13.1. The van der Waals surface area contributed by atoms with E-state index in [4.69, 9.17) is 9.47 Å². The molecule has 3 rings (SSSR count). The van der Waals surface area contributed by atoms with E-state index in [2.05, 4.69) is 15.5 Å². The predicted octanol–water partition coefficient (Wildman–Crippen LogP) is 1.62. The van der Waals surface area contributed by atoms with E-state index in [1.807, 2.05) is 18.2 Å². The number of carbonyl (C=O) groups is 1. The maximum absolute atomic E-state index is 11.7. The number of aromatic nitrogens is 1. The zero-order valence-corrected chi connectivity index (χ0v) is 11.2. The fourth-order valence-corrected chi connectivity index (χ4v) is 1.86. The second-order valence-corrected chi connectivity index (χ2v) is 4.32. The van der Waals surface area contributed by atoms with Crippen LogP contribution in [-0.2, 0) is 0 Å². The minimum atomic E-state index is -0.357. The van der Waals surface area contributed by atoms with Crippen LogP contribution in [0.4, 0.5) is 0 Å². The number of hydrogen-bond donors (Lipinski definition) is 1. The third kappa shape index (κ3) is 3.17. The van der Waals surface area contributed by atoms with Crippen LogP contribution in [-0.4, -0.2) is 30.3 Å². The highest BCUT2D eigenvalue weighted by Gasteiger charge is 2.11. The number of amides is 1. The molecule has 21 heavy (non-hydrogen) atoms. The summed E-state index contributed by atoms with van der Waals surface area (Å²) >= 11 is 0. The molecule has 2 aromatic rings. The molecule has 1 aliphatic heterocycles. The van der Waals surface area contributed by atoms with Gasteiger partial charge in [-0.15, -0.1) is 0 Å². The van der Waals surface area contributed by atoms with Gasteiger partial charge in [0.15, 0.2) is 11.5 Å². The summed E-state index contributed by atoms with van der Waals surface area (Å²) in [5.41, 5.74) is 3.55. The lowest BCUT2D eigenvalue weighted by atomic mass is 10.2. The van der Waals surface area contributed by atoms with Crippen molar-refractivity contribution in [2.24, 2.45) is 5.10 Å². The normalized spacial score (nSPS) is 13.1. The molecule has 2 heterocycles. The smallest absolute Gasteiger partial charge is 0.289 e. The molecule has 0 unspecified atom stereocenters. The largest absolute Gasteiger partial charge is 0.486 e. The third-order valence-electron chi connectivity index (χ3n) is 2.84. The Bertz CT molecular complexity index is 671. The van der Waals surface area contributed by atoms with Crippen molar-refractivity contribution in [3.63, 3.8) is 0 Å². The Kier molecular flexibility index (Phi) is 3.77. The van der Waals surface area contributed by atoms with Gasteiger partial charge in [0, 0.05) is 6.20 Å². The van der Waals surface area contributed by atoms with E-state index in [0.29, 0.717) is 24.7 Å². The average Bonchev–Trinajstić information content (AvgIpc) is 2.55. The SMILES string of the molecule is O=C(N/N=C/c1ccc2c(c1)OCCO2)c1ccccn1. The van der Waals surface area contributed by atoms with Crippen molar-refractivity contribution in [2.45, 2.75) is 0 Å². The molecular formula is C15H13N3O3. The number of carbonyl (C=O) groups excluding carboxylic acids is 1. The van der Waals surface area contributed by atoms with Crippen LogP contribution in [0.2, 0.25) is 0 Å². The molecule has 6 nitrogen and oxygen atoms in total. The van der Waals surface area contributed by atoms with E-state index in [1.54, 1.807) is 30.6 Å². The maximum Gasteiger partial charge on any atom is 0.289 e. The number of ether oxygens (including phenoxy) is 2. The number of nitrogens with zero attached hydrogens (tertiary/aromatic N) is 2. The fourth-order valence-electron chi connectivity index (χ4n) is 1.86. The monoisotopic (exact) mass is 283 g/mol. The minimum absolute atomic E-state index is 0.317. The van der Waals surface area contributed by atoms with Gasteiger partial charge < -0.3 is 9.47 Å². The van der Waals surface area contributed by atoms with E-state index < -0.39 is 0 Å². The molecule has 0 aliphatic carbocycles. The first-order valence-electron chi connectivity index (χ1n) is 6.47. The highest BCUT2D eigenvalue weighted by atomic mass is 16.6. The van der Waals surface area contributed by atoms with Crippen molar-refractivity contribution in [2.75, 3.05) is 13.2 Å². The molecule has 0 atom stereocenters. The Morgan fingerprint density at radius 2 is 2.05 bits per heavy atom. The summed E-state index contributed by atoms with van der Waals surface area (Å²) in [4.78, 5) is 15.7. The zero-order chi connectivity index (χ0) is 14.5. The van der Waals surface area contributed by atoms with Crippen LogP contribution in [0.3, 0.4) is 0 Å². The zero-order valence-electron chi connectivity index (χ0n) is 11.2. The number of nitrogens with one attached hydrogen (secondary N) is 1. The molecule has 6 heteroatoms. The summed E-state index contributed by atoms with van der Waals surface area (Å²) < 4.78 is 10.9. The lowest BCUT2D eigenvalue weighted by Gasteiger charge is -2.18. The van der Waals surface area contributed by atoms with Gasteiger partial charge in [0.05, 0.1) is 6.21 Å². The number of pyridine rings is 1. The Balaban J connectivity index is 1.65. The van der Waals surface area contributed by atoms with Crippen LogP contribution in [0.25, 0.3) is 0 Å². The molecule has 1 aromatic heterocycles. The van der Waals surface area contributed by atoms with Crippen molar-refractivity contribution >= 4 is 12.1 Å². The summed E-state index contributed by atoms with van der Waals surface area (Å²) in [5, 5.41) is 3.91. The summed E-state index contributed by atoms with van der Waals surface area (Å²) in [5.74, 6) is 1.04. The first-order chi connectivity index (χ1) is 10.3. The summed E-state index contributed by atoms with van der Waals surface area (Å²) in [6.07, 6.45) is 3.10. The van der Waals surface area contributed by atoms with Gasteiger partial charge in [-0.2, -0.15) is 5.10 Å². The Labute approximate surface area is 121 Å². The van der Waals surface area contributed by atoms with Gasteiger partial charge in [0.1, 0.15) is 18.9 Å². The highest BCUT2D eigenvalue weighted by Crippen LogP contribution is 2.30. The standard InChI is InChI=1S/C15H13N3O3/c19-15(12-3-1-2-6-16-12)18-17-10-11-4-5-13-14(9-11)21-8-7-20-13/h1-6,9-10H,7-8H2,(H,18,19)/b17-10+. The van der Waals surface area contributed by atoms with Gasteiger partial charge >= 0.3 is 0 Å². The van der Waals surface area contributed by atoms with Crippen molar-refractivity contribution in [1.29, 1.82) is 0 Å². The van der Waals surface area contributed by atoms with Gasteiger partial charge in [-0.25, -0.2) is 5.43 Å². The van der Waals surface area contributed by atoms with Crippen LogP contribution < -0.4 is 14.9 Å². The van der Waals surface area contributed by atoms with Gasteiger partial charge in [-0.1, -0.05) is 6.07 Å². The number of hydrazone groups is 1. The minimum Gasteiger partial charge on any atom is -0.486 e. The van der Waals surface area contributed by atoms with Gasteiger partial charge in [0.2, 0.25) is 0 Å². The van der Waals surface area contributed by atoms with Gasteiger partial charge in [-0.3, -0.25) is 9.78 Å². The van der Waals surface area contributed by atoms with E-state index in [-0.39, 0.29) is 5.91 Å². The molecular weight excluding hydrogens is 270 g/mol. The van der Waals surface area contributed by atoms with Gasteiger partial charge in [-0.05, 0) is 35.9 Å². The number of benzene rings is 1. The quantitative estimate of drug-likeness (QED) is 0.686. The fraction of sp³-hybridized carbons (Fsp3) is 0.133. The molecule has 1 N–H and O–H groups in total. The highest BCUT2D eigenvalue weighted by molar-refractivity contribution is 5.93. The van der Waals surface area contributed by atoms with Crippen molar-refractivity contribution in [1.82, 2.24) is 10.4 Å². The van der Waals surface area contributed by atoms with E-state index in [9.17, 15) is 4.79 Å². The molecule has 0 spiro atoms.